The van der Waals surface area contributed by atoms with Crippen molar-refractivity contribution >= 4 is 35.0 Å². The van der Waals surface area contributed by atoms with Crippen molar-refractivity contribution in [1.82, 2.24) is 10.1 Å². The van der Waals surface area contributed by atoms with Gasteiger partial charge in [-0.15, -0.1) is 12.4 Å². The maximum atomic E-state index is 5.49. The summed E-state index contributed by atoms with van der Waals surface area (Å²) < 4.78 is 5.49. The number of benzene rings is 2. The summed E-state index contributed by atoms with van der Waals surface area (Å²) in [5, 5.41) is 5.54. The molecule has 0 spiro atoms. The van der Waals surface area contributed by atoms with E-state index in [1.54, 1.807) is 0 Å². The zero-order valence-electron chi connectivity index (χ0n) is 14.0. The van der Waals surface area contributed by atoms with Crippen molar-refractivity contribution in [2.45, 2.75) is 18.8 Å². The van der Waals surface area contributed by atoms with Crippen LogP contribution in [0.5, 0.6) is 0 Å². The van der Waals surface area contributed by atoms with Gasteiger partial charge in [0.1, 0.15) is 0 Å². The minimum atomic E-state index is 0. The first-order chi connectivity index (χ1) is 11.9. The highest BCUT2D eigenvalue weighted by atomic mass is 35.5. The van der Waals surface area contributed by atoms with E-state index in [-0.39, 0.29) is 12.4 Å². The lowest BCUT2D eigenvalue weighted by atomic mass is 9.87. The molecule has 1 fully saturated rings. The Kier molecular flexibility index (Phi) is 4.36. The van der Waals surface area contributed by atoms with Crippen LogP contribution < -0.4 is 0 Å². The zero-order valence-corrected chi connectivity index (χ0v) is 14.8. The molecular weight excluding hydrogens is 332 g/mol. The van der Waals surface area contributed by atoms with Gasteiger partial charge in [-0.25, -0.2) is 0 Å². The molecule has 1 aliphatic heterocycles. The van der Waals surface area contributed by atoms with E-state index in [0.717, 1.165) is 43.8 Å². The van der Waals surface area contributed by atoms with Gasteiger partial charge < -0.3 is 4.52 Å². The van der Waals surface area contributed by atoms with Crippen LogP contribution in [0, 0.1) is 0 Å². The highest BCUT2D eigenvalue weighted by Gasteiger charge is 2.26. The van der Waals surface area contributed by atoms with Crippen LogP contribution in [0.1, 0.15) is 35.6 Å². The van der Waals surface area contributed by atoms with Gasteiger partial charge in [0.15, 0.2) is 5.58 Å². The van der Waals surface area contributed by atoms with Crippen molar-refractivity contribution in [1.29, 1.82) is 0 Å². The summed E-state index contributed by atoms with van der Waals surface area (Å²) in [6, 6.07) is 16.9. The molecule has 0 atom stereocenters. The van der Waals surface area contributed by atoms with Gasteiger partial charge in [-0.05, 0) is 60.8 Å². The molecule has 2 aliphatic rings. The summed E-state index contributed by atoms with van der Waals surface area (Å²) in [6.45, 7) is 3.33. The smallest absolute Gasteiger partial charge is 0.167 e. The largest absolute Gasteiger partial charge is 0.356 e. The van der Waals surface area contributed by atoms with Gasteiger partial charge in [0.2, 0.25) is 0 Å². The van der Waals surface area contributed by atoms with Crippen molar-refractivity contribution in [3.63, 3.8) is 0 Å². The Labute approximate surface area is 153 Å². The van der Waals surface area contributed by atoms with Gasteiger partial charge in [-0.1, -0.05) is 41.6 Å². The van der Waals surface area contributed by atoms with E-state index in [0.29, 0.717) is 5.92 Å². The van der Waals surface area contributed by atoms with Crippen LogP contribution in [0.15, 0.2) is 53.1 Å². The third-order valence-electron chi connectivity index (χ3n) is 5.41. The lowest BCUT2D eigenvalue weighted by Crippen LogP contribution is -2.34. The van der Waals surface area contributed by atoms with E-state index < -0.39 is 0 Å². The van der Waals surface area contributed by atoms with Crippen LogP contribution in [0.4, 0.5) is 0 Å². The Balaban J connectivity index is 0.00000157. The quantitative estimate of drug-likeness (QED) is 0.665. The number of hydrogen-bond donors (Lipinski definition) is 0. The molecule has 0 saturated carbocycles. The molecule has 128 valence electrons. The molecule has 0 unspecified atom stereocenters. The Bertz CT molecular complexity index is 922. The van der Waals surface area contributed by atoms with Crippen LogP contribution >= 0.6 is 12.4 Å². The second-order valence-electron chi connectivity index (χ2n) is 6.87. The van der Waals surface area contributed by atoms with Crippen molar-refractivity contribution in [2.75, 3.05) is 19.6 Å². The summed E-state index contributed by atoms with van der Waals surface area (Å²) >= 11 is 0. The summed E-state index contributed by atoms with van der Waals surface area (Å²) in [5.74, 6) is 0.521. The predicted molar refractivity (Wildman–Crippen MR) is 104 cm³/mol. The van der Waals surface area contributed by atoms with Gasteiger partial charge >= 0.3 is 0 Å². The van der Waals surface area contributed by atoms with E-state index in [9.17, 15) is 0 Å². The van der Waals surface area contributed by atoms with E-state index in [1.807, 2.05) is 12.1 Å². The zero-order chi connectivity index (χ0) is 15.9. The van der Waals surface area contributed by atoms with Crippen molar-refractivity contribution in [3.8, 4) is 0 Å². The molecule has 0 N–H and O–H groups in total. The fraction of sp³-hybridized carbons (Fsp3) is 0.286. The molecule has 0 bridgehead atoms. The lowest BCUT2D eigenvalue weighted by molar-refractivity contribution is 0.232. The van der Waals surface area contributed by atoms with E-state index in [2.05, 4.69) is 52.5 Å². The number of hydrogen-bond acceptors (Lipinski definition) is 3. The van der Waals surface area contributed by atoms with Crippen molar-refractivity contribution < 1.29 is 4.52 Å². The predicted octanol–water partition coefficient (Wildman–Crippen LogP) is 4.98. The molecule has 4 heteroatoms. The number of fused-ring (bicyclic) bond motifs is 2. The molecule has 0 amide bonds. The number of halogens is 1. The molecule has 3 aromatic rings. The van der Waals surface area contributed by atoms with Gasteiger partial charge in [0.25, 0.3) is 0 Å². The minimum Gasteiger partial charge on any atom is -0.356 e. The van der Waals surface area contributed by atoms with Crippen LogP contribution in [-0.2, 0) is 0 Å². The monoisotopic (exact) mass is 352 g/mol. The SMILES string of the molecule is C1=C(CN2CCC(c3noc4ccccc34)CC2)c2ccccc21.Cl. The molecule has 2 aromatic carbocycles. The number of piperidine rings is 1. The second kappa shape index (κ2) is 6.66. The average molecular weight is 353 g/mol. The molecular formula is C21H21ClN2O. The van der Waals surface area contributed by atoms with Crippen LogP contribution in [0.3, 0.4) is 0 Å². The molecule has 1 aromatic heterocycles. The molecule has 3 nitrogen and oxygen atoms in total. The Morgan fingerprint density at radius 1 is 1.00 bits per heavy atom. The second-order valence-corrected chi connectivity index (χ2v) is 6.87. The van der Waals surface area contributed by atoms with E-state index in [1.165, 1.54) is 22.1 Å². The number of rotatable bonds is 3. The summed E-state index contributed by atoms with van der Waals surface area (Å²) in [6.07, 6.45) is 4.64. The molecule has 1 aliphatic carbocycles. The highest BCUT2D eigenvalue weighted by molar-refractivity contribution is 5.96. The topological polar surface area (TPSA) is 29.3 Å². The maximum Gasteiger partial charge on any atom is 0.167 e. The molecule has 1 saturated heterocycles. The lowest BCUT2D eigenvalue weighted by Gasteiger charge is -2.33. The standard InChI is InChI=1S/C21H20N2O.ClH/c1-2-6-18-16(5-1)13-17(18)14-23-11-9-15(10-12-23)21-19-7-3-4-8-20(19)24-22-21;/h1-8,13,15H,9-12,14H2;1H. The first-order valence-electron chi connectivity index (χ1n) is 8.75. The molecule has 0 radical (unpaired) electrons. The van der Waals surface area contributed by atoms with Crippen LogP contribution in [0.25, 0.3) is 22.6 Å². The summed E-state index contributed by atoms with van der Waals surface area (Å²) in [7, 11) is 0. The fourth-order valence-corrected chi connectivity index (χ4v) is 4.04. The first kappa shape index (κ1) is 16.4. The molecule has 2 heterocycles. The van der Waals surface area contributed by atoms with E-state index in [4.69, 9.17) is 4.52 Å². The Morgan fingerprint density at radius 3 is 2.60 bits per heavy atom. The number of aromatic nitrogens is 1. The van der Waals surface area contributed by atoms with Crippen LogP contribution in [0.2, 0.25) is 0 Å². The number of likely N-dealkylation sites (tertiary alicyclic amines) is 1. The van der Waals surface area contributed by atoms with Gasteiger partial charge in [0, 0.05) is 17.8 Å². The van der Waals surface area contributed by atoms with Crippen LogP contribution in [-0.4, -0.2) is 29.7 Å². The number of nitrogens with zero attached hydrogens (tertiary/aromatic N) is 2. The maximum absolute atomic E-state index is 5.49. The fourth-order valence-electron chi connectivity index (χ4n) is 4.04. The van der Waals surface area contributed by atoms with E-state index >= 15 is 0 Å². The van der Waals surface area contributed by atoms with Crippen molar-refractivity contribution in [2.24, 2.45) is 0 Å². The average Bonchev–Trinajstić information content (AvgIpc) is 3.04. The van der Waals surface area contributed by atoms with Gasteiger partial charge in [-0.2, -0.15) is 0 Å². The summed E-state index contributed by atoms with van der Waals surface area (Å²) in [5.41, 5.74) is 6.36. The number of para-hydroxylation sites is 1. The minimum absolute atomic E-state index is 0. The van der Waals surface area contributed by atoms with Gasteiger partial charge in [0.05, 0.1) is 5.69 Å². The highest BCUT2D eigenvalue weighted by Crippen LogP contribution is 2.36. The Morgan fingerprint density at radius 2 is 1.76 bits per heavy atom. The third kappa shape index (κ3) is 2.88. The Hall–Kier alpha value is -2.10. The third-order valence-corrected chi connectivity index (χ3v) is 5.41. The first-order valence-corrected chi connectivity index (χ1v) is 8.75. The van der Waals surface area contributed by atoms with Gasteiger partial charge in [-0.3, -0.25) is 4.90 Å². The summed E-state index contributed by atoms with van der Waals surface area (Å²) in [4.78, 5) is 2.57. The molecule has 5 rings (SSSR count). The molecule has 25 heavy (non-hydrogen) atoms. The normalized spacial score (nSPS) is 17.5. The van der Waals surface area contributed by atoms with Crippen molar-refractivity contribution in [3.05, 3.63) is 65.4 Å².